The highest BCUT2D eigenvalue weighted by Crippen LogP contribution is 2.21. The van der Waals surface area contributed by atoms with E-state index in [1.807, 2.05) is 0 Å². The van der Waals surface area contributed by atoms with Crippen LogP contribution in [0.2, 0.25) is 0 Å². The summed E-state index contributed by atoms with van der Waals surface area (Å²) in [6.45, 7) is 4.37. The number of hydrogen-bond acceptors (Lipinski definition) is 10. The van der Waals surface area contributed by atoms with Gasteiger partial charge in [-0.1, -0.05) is 30.3 Å². The molecule has 0 aromatic heterocycles. The Morgan fingerprint density at radius 3 is 2.06 bits per heavy atom. The van der Waals surface area contributed by atoms with Gasteiger partial charge in [0, 0.05) is 31.5 Å². The van der Waals surface area contributed by atoms with Crippen molar-refractivity contribution in [3.8, 4) is 5.75 Å². The molecule has 0 spiro atoms. The molecular weight excluding hydrogens is 656 g/mol. The topological polar surface area (TPSA) is 243 Å². The highest BCUT2D eigenvalue weighted by Gasteiger charge is 2.38. The summed E-state index contributed by atoms with van der Waals surface area (Å²) >= 11 is 0. The van der Waals surface area contributed by atoms with Crippen molar-refractivity contribution < 1.29 is 48.3 Å². The second-order valence-electron chi connectivity index (χ2n) is 11.8. The molecule has 5 N–H and O–H groups in total. The molecule has 50 heavy (non-hydrogen) atoms. The third-order valence-corrected chi connectivity index (χ3v) is 7.81. The van der Waals surface area contributed by atoms with Crippen LogP contribution in [0.15, 0.2) is 54.6 Å². The van der Waals surface area contributed by atoms with E-state index in [1.165, 1.54) is 49.9 Å². The van der Waals surface area contributed by atoms with Crippen molar-refractivity contribution in [2.24, 2.45) is 0 Å². The number of nitro groups is 1. The molecule has 5 atom stereocenters. The maximum atomic E-state index is 13.5. The lowest BCUT2D eigenvalue weighted by atomic mass is 10.0. The molecule has 1 fully saturated rings. The molecule has 17 heteroatoms. The number of aliphatic carboxylic acids is 1. The number of carboxylic acids is 1. The molecule has 1 saturated heterocycles. The summed E-state index contributed by atoms with van der Waals surface area (Å²) in [4.78, 5) is 99.7. The normalized spacial score (nSPS) is 16.1. The highest BCUT2D eigenvalue weighted by atomic mass is 16.6. The van der Waals surface area contributed by atoms with E-state index in [0.29, 0.717) is 12.0 Å². The molecule has 0 radical (unpaired) electrons. The van der Waals surface area contributed by atoms with E-state index in [0.717, 1.165) is 0 Å². The number of non-ortho nitro benzene ring substituents is 1. The Bertz CT molecular complexity index is 1580. The molecule has 0 unspecified atom stereocenters. The number of likely N-dealkylation sites (tertiary alicyclic amines) is 1. The van der Waals surface area contributed by atoms with E-state index in [2.05, 4.69) is 21.3 Å². The summed E-state index contributed by atoms with van der Waals surface area (Å²) in [6, 6.07) is 8.30. The first-order valence-corrected chi connectivity index (χ1v) is 15.9. The number of carbonyl (C=O) groups excluding carboxylic acids is 6. The molecule has 1 aliphatic heterocycles. The minimum Gasteiger partial charge on any atom is -0.481 e. The number of esters is 1. The highest BCUT2D eigenvalue weighted by molar-refractivity contribution is 5.96. The summed E-state index contributed by atoms with van der Waals surface area (Å²) in [5.41, 5.74) is 0.520. The number of nitrogens with zero attached hydrogens (tertiary/aromatic N) is 2. The molecule has 0 saturated carbocycles. The van der Waals surface area contributed by atoms with Gasteiger partial charge in [-0.3, -0.25) is 38.9 Å². The standard InChI is InChI=1S/C33H40N6O11/c1-19(34-27(40)15-16-28(41)42)29(43)35-20(2)30(44)36-21(3)32(46)38-17-7-10-26(38)31(45)37-25(18-22-8-5-4-6-9-22)33(47)50-24-13-11-23(12-14-24)39(48)49/h4-6,8-9,11-14,19-21,25-26H,7,10,15-18H2,1-3H3,(H,34,40)(H,35,43)(H,36,44)(H,37,45)(H,41,42)/t19-,20-,21-,25-,26-/m0/s1. The van der Waals surface area contributed by atoms with E-state index < -0.39 is 83.0 Å². The average Bonchev–Trinajstić information content (AvgIpc) is 3.57. The van der Waals surface area contributed by atoms with Gasteiger partial charge in [0.25, 0.3) is 5.69 Å². The van der Waals surface area contributed by atoms with Crippen molar-refractivity contribution in [1.82, 2.24) is 26.2 Å². The Balaban J connectivity index is 1.61. The van der Waals surface area contributed by atoms with Crippen molar-refractivity contribution in [2.45, 2.75) is 83.1 Å². The Morgan fingerprint density at radius 1 is 0.860 bits per heavy atom. The fourth-order valence-corrected chi connectivity index (χ4v) is 5.09. The van der Waals surface area contributed by atoms with E-state index in [9.17, 15) is 43.7 Å². The van der Waals surface area contributed by atoms with Crippen LogP contribution in [0.1, 0.15) is 52.0 Å². The van der Waals surface area contributed by atoms with Crippen LogP contribution in [0, 0.1) is 10.1 Å². The molecule has 2 aromatic carbocycles. The van der Waals surface area contributed by atoms with Crippen LogP contribution >= 0.6 is 0 Å². The number of carbonyl (C=O) groups is 7. The summed E-state index contributed by atoms with van der Waals surface area (Å²) in [5, 5.41) is 29.6. The van der Waals surface area contributed by atoms with E-state index >= 15 is 0 Å². The van der Waals surface area contributed by atoms with Gasteiger partial charge in [0.05, 0.1) is 11.3 Å². The van der Waals surface area contributed by atoms with E-state index in [1.54, 1.807) is 30.3 Å². The summed E-state index contributed by atoms with van der Waals surface area (Å²) in [7, 11) is 0. The van der Waals surface area contributed by atoms with Crippen LogP contribution in [0.5, 0.6) is 5.75 Å². The number of amides is 5. The maximum Gasteiger partial charge on any atom is 0.334 e. The lowest BCUT2D eigenvalue weighted by Crippen LogP contribution is -2.57. The number of carboxylic acid groups (broad SMARTS) is 1. The number of nitro benzene ring substituents is 1. The molecule has 1 heterocycles. The maximum absolute atomic E-state index is 13.5. The Kier molecular flexibility index (Phi) is 13.9. The van der Waals surface area contributed by atoms with Gasteiger partial charge in [-0.2, -0.15) is 0 Å². The molecule has 0 bridgehead atoms. The van der Waals surface area contributed by atoms with E-state index in [-0.39, 0.29) is 37.2 Å². The Labute approximate surface area is 287 Å². The van der Waals surface area contributed by atoms with Gasteiger partial charge < -0.3 is 36.0 Å². The molecule has 2 aromatic rings. The van der Waals surface area contributed by atoms with Crippen LogP contribution in [-0.4, -0.2) is 93.2 Å². The van der Waals surface area contributed by atoms with Crippen molar-refractivity contribution >= 4 is 47.2 Å². The zero-order chi connectivity index (χ0) is 37.0. The minimum atomic E-state index is -1.18. The zero-order valence-electron chi connectivity index (χ0n) is 27.7. The van der Waals surface area contributed by atoms with Crippen molar-refractivity contribution in [2.75, 3.05) is 6.54 Å². The number of ether oxygens (including phenoxy) is 1. The Hall–Kier alpha value is -5.87. The Morgan fingerprint density at radius 2 is 1.46 bits per heavy atom. The van der Waals surface area contributed by atoms with Crippen molar-refractivity contribution in [3.05, 3.63) is 70.3 Å². The zero-order valence-corrected chi connectivity index (χ0v) is 27.7. The molecule has 5 amide bonds. The van der Waals surface area contributed by atoms with E-state index in [4.69, 9.17) is 9.84 Å². The SMILES string of the molecule is C[C@H](NC(=O)CCC(=O)O)C(=O)N[C@@H](C)C(=O)N[C@@H](C)C(=O)N1CCC[C@H]1C(=O)N[C@@H](Cc1ccccc1)C(=O)Oc1ccc([N+](=O)[O-])cc1. The van der Waals surface area contributed by atoms with Gasteiger partial charge in [0.1, 0.15) is 36.0 Å². The summed E-state index contributed by atoms with van der Waals surface area (Å²) in [5.74, 6) is -5.19. The van der Waals surface area contributed by atoms with Crippen molar-refractivity contribution in [1.29, 1.82) is 0 Å². The van der Waals surface area contributed by atoms with Gasteiger partial charge in [-0.05, 0) is 51.3 Å². The van der Waals surface area contributed by atoms with Crippen LogP contribution < -0.4 is 26.0 Å². The molecule has 17 nitrogen and oxygen atoms in total. The van der Waals surface area contributed by atoms with Crippen LogP contribution in [0.25, 0.3) is 0 Å². The van der Waals surface area contributed by atoms with Gasteiger partial charge in [0.15, 0.2) is 0 Å². The number of hydrogen-bond donors (Lipinski definition) is 5. The van der Waals surface area contributed by atoms with Crippen LogP contribution in [0.4, 0.5) is 5.69 Å². The third-order valence-electron chi connectivity index (χ3n) is 7.81. The fourth-order valence-electron chi connectivity index (χ4n) is 5.09. The quantitative estimate of drug-likeness (QED) is 0.0704. The molecule has 268 valence electrons. The second kappa shape index (κ2) is 18.0. The lowest BCUT2D eigenvalue weighted by Gasteiger charge is -2.29. The first kappa shape index (κ1) is 38.6. The van der Waals surface area contributed by atoms with Gasteiger partial charge in [-0.25, -0.2) is 4.79 Å². The summed E-state index contributed by atoms with van der Waals surface area (Å²) < 4.78 is 5.43. The molecule has 3 rings (SSSR count). The third kappa shape index (κ3) is 11.4. The largest absolute Gasteiger partial charge is 0.481 e. The van der Waals surface area contributed by atoms with Crippen LogP contribution in [-0.2, 0) is 40.0 Å². The number of nitrogens with one attached hydrogen (secondary N) is 4. The van der Waals surface area contributed by atoms with Gasteiger partial charge in [0.2, 0.25) is 29.5 Å². The van der Waals surface area contributed by atoms with Crippen LogP contribution in [0.3, 0.4) is 0 Å². The van der Waals surface area contributed by atoms with Crippen molar-refractivity contribution in [3.63, 3.8) is 0 Å². The number of benzene rings is 2. The summed E-state index contributed by atoms with van der Waals surface area (Å²) in [6.07, 6.45) is 0.0905. The fraction of sp³-hybridized carbons (Fsp3) is 0.424. The smallest absolute Gasteiger partial charge is 0.334 e. The first-order valence-electron chi connectivity index (χ1n) is 15.9. The predicted octanol–water partition coefficient (Wildman–Crippen LogP) is 0.598. The predicted molar refractivity (Wildman–Crippen MR) is 175 cm³/mol. The van der Waals surface area contributed by atoms with Gasteiger partial charge >= 0.3 is 11.9 Å². The van der Waals surface area contributed by atoms with Gasteiger partial charge in [-0.15, -0.1) is 0 Å². The minimum absolute atomic E-state index is 0.0375. The first-order chi connectivity index (χ1) is 23.7. The lowest BCUT2D eigenvalue weighted by molar-refractivity contribution is -0.384. The average molecular weight is 697 g/mol. The molecule has 1 aliphatic rings. The second-order valence-corrected chi connectivity index (χ2v) is 11.8. The monoisotopic (exact) mass is 696 g/mol. The number of rotatable bonds is 16. The molecule has 0 aliphatic carbocycles. The molecular formula is C33H40N6O11.